The molecule has 0 bridgehead atoms. The van der Waals surface area contributed by atoms with Crippen LogP contribution in [0.25, 0.3) is 11.4 Å². The van der Waals surface area contributed by atoms with E-state index in [1.165, 1.54) is 24.5 Å². The first-order valence-corrected chi connectivity index (χ1v) is 8.18. The molecule has 0 saturated heterocycles. The van der Waals surface area contributed by atoms with Crippen molar-refractivity contribution in [2.24, 2.45) is 0 Å². The summed E-state index contributed by atoms with van der Waals surface area (Å²) in [5, 5.41) is 13.6. The number of hydrogen-bond acceptors (Lipinski definition) is 6. The van der Waals surface area contributed by atoms with Gasteiger partial charge in [-0.25, -0.2) is 9.97 Å². The highest BCUT2D eigenvalue weighted by molar-refractivity contribution is 6.04. The Morgan fingerprint density at radius 2 is 1.89 bits per heavy atom. The van der Waals surface area contributed by atoms with Crippen LogP contribution in [0.1, 0.15) is 17.3 Å². The van der Waals surface area contributed by atoms with Crippen LogP contribution in [0.4, 0.5) is 11.4 Å². The fourth-order valence-corrected chi connectivity index (χ4v) is 2.40. The van der Waals surface area contributed by atoms with Crippen LogP contribution in [0.3, 0.4) is 0 Å². The maximum atomic E-state index is 12.4. The summed E-state index contributed by atoms with van der Waals surface area (Å²) < 4.78 is 5.48. The smallest absolute Gasteiger partial charge is 0.270 e. The van der Waals surface area contributed by atoms with Crippen LogP contribution in [-0.4, -0.2) is 27.4 Å². The number of nitro benzene ring substituents is 1. The van der Waals surface area contributed by atoms with Crippen molar-refractivity contribution in [2.45, 2.75) is 6.92 Å². The molecule has 1 N–H and O–H groups in total. The third-order valence-corrected chi connectivity index (χ3v) is 3.66. The van der Waals surface area contributed by atoms with Gasteiger partial charge in [0.05, 0.1) is 22.8 Å². The lowest BCUT2D eigenvalue weighted by Gasteiger charge is -2.11. The monoisotopic (exact) mass is 364 g/mol. The molecule has 0 radical (unpaired) electrons. The molecule has 0 spiro atoms. The third kappa shape index (κ3) is 4.24. The maximum absolute atomic E-state index is 12.4. The molecular formula is C19H16N4O4. The molecule has 1 amide bonds. The van der Waals surface area contributed by atoms with Crippen LogP contribution < -0.4 is 10.1 Å². The molecule has 0 fully saturated rings. The van der Waals surface area contributed by atoms with Gasteiger partial charge in [0.2, 0.25) is 0 Å². The molecule has 8 nitrogen and oxygen atoms in total. The van der Waals surface area contributed by atoms with Crippen LogP contribution in [-0.2, 0) is 0 Å². The van der Waals surface area contributed by atoms with Crippen molar-refractivity contribution in [3.05, 3.63) is 76.6 Å². The second kappa shape index (κ2) is 8.05. The number of nitro groups is 1. The second-order valence-electron chi connectivity index (χ2n) is 5.49. The number of rotatable bonds is 6. The van der Waals surface area contributed by atoms with E-state index in [1.54, 1.807) is 30.3 Å². The number of aromatic nitrogens is 2. The second-order valence-corrected chi connectivity index (χ2v) is 5.49. The molecule has 136 valence electrons. The summed E-state index contributed by atoms with van der Waals surface area (Å²) in [7, 11) is 0. The Bertz CT molecular complexity index is 973. The van der Waals surface area contributed by atoms with Gasteiger partial charge in [0.25, 0.3) is 11.6 Å². The zero-order valence-electron chi connectivity index (χ0n) is 14.5. The molecular weight excluding hydrogens is 348 g/mol. The molecule has 3 aromatic rings. The Morgan fingerprint density at radius 1 is 1.15 bits per heavy atom. The molecule has 0 saturated carbocycles. The first kappa shape index (κ1) is 18.0. The van der Waals surface area contributed by atoms with Crippen LogP contribution in [0.5, 0.6) is 5.75 Å². The number of benzene rings is 2. The van der Waals surface area contributed by atoms with Crippen LogP contribution in [0.15, 0.2) is 60.9 Å². The van der Waals surface area contributed by atoms with Gasteiger partial charge in [-0.3, -0.25) is 14.9 Å². The van der Waals surface area contributed by atoms with Gasteiger partial charge in [-0.2, -0.15) is 0 Å². The van der Waals surface area contributed by atoms with Crippen molar-refractivity contribution in [3.63, 3.8) is 0 Å². The summed E-state index contributed by atoms with van der Waals surface area (Å²) in [6, 6.07) is 13.1. The quantitative estimate of drug-likeness (QED) is 0.528. The van der Waals surface area contributed by atoms with Crippen molar-refractivity contribution in [1.29, 1.82) is 0 Å². The van der Waals surface area contributed by atoms with Gasteiger partial charge in [-0.05, 0) is 19.1 Å². The predicted molar refractivity (Wildman–Crippen MR) is 99.7 cm³/mol. The van der Waals surface area contributed by atoms with E-state index < -0.39 is 4.92 Å². The van der Waals surface area contributed by atoms with Gasteiger partial charge < -0.3 is 10.1 Å². The van der Waals surface area contributed by atoms with E-state index in [2.05, 4.69) is 15.3 Å². The number of hydrogen-bond donors (Lipinski definition) is 1. The van der Waals surface area contributed by atoms with Crippen molar-refractivity contribution in [2.75, 3.05) is 11.9 Å². The van der Waals surface area contributed by atoms with Gasteiger partial charge in [-0.1, -0.05) is 24.3 Å². The first-order chi connectivity index (χ1) is 13.1. The van der Waals surface area contributed by atoms with Crippen molar-refractivity contribution in [3.8, 4) is 17.1 Å². The number of amides is 1. The molecule has 2 aromatic carbocycles. The summed E-state index contributed by atoms with van der Waals surface area (Å²) in [4.78, 5) is 31.1. The van der Waals surface area contributed by atoms with E-state index in [4.69, 9.17) is 4.74 Å². The normalized spacial score (nSPS) is 10.3. The number of non-ortho nitro benzene ring substituents is 1. The Labute approximate surface area is 155 Å². The molecule has 0 unspecified atom stereocenters. The number of nitrogens with one attached hydrogen (secondary N) is 1. The lowest BCUT2D eigenvalue weighted by molar-refractivity contribution is -0.384. The Balaban J connectivity index is 1.78. The fourth-order valence-electron chi connectivity index (χ4n) is 2.40. The Morgan fingerprint density at radius 3 is 2.59 bits per heavy atom. The molecule has 1 heterocycles. The number of anilines is 1. The molecule has 3 rings (SSSR count). The van der Waals surface area contributed by atoms with E-state index in [0.29, 0.717) is 29.4 Å². The number of ether oxygens (including phenoxy) is 1. The lowest BCUT2D eigenvalue weighted by Crippen LogP contribution is -2.13. The van der Waals surface area contributed by atoms with E-state index >= 15 is 0 Å². The summed E-state index contributed by atoms with van der Waals surface area (Å²) in [5.74, 6) is 0.486. The van der Waals surface area contributed by atoms with E-state index in [0.717, 1.165) is 0 Å². The van der Waals surface area contributed by atoms with Gasteiger partial charge in [0.1, 0.15) is 5.75 Å². The van der Waals surface area contributed by atoms with Gasteiger partial charge in [0, 0.05) is 30.1 Å². The third-order valence-electron chi connectivity index (χ3n) is 3.66. The summed E-state index contributed by atoms with van der Waals surface area (Å²) in [6.07, 6.45) is 2.75. The zero-order valence-corrected chi connectivity index (χ0v) is 14.5. The average Bonchev–Trinajstić information content (AvgIpc) is 2.70. The highest BCUT2D eigenvalue weighted by Crippen LogP contribution is 2.24. The largest absolute Gasteiger partial charge is 0.492 e. The highest BCUT2D eigenvalue weighted by Gasteiger charge is 2.13. The minimum Gasteiger partial charge on any atom is -0.492 e. The van der Waals surface area contributed by atoms with Crippen molar-refractivity contribution in [1.82, 2.24) is 9.97 Å². The van der Waals surface area contributed by atoms with Crippen LogP contribution in [0.2, 0.25) is 0 Å². The van der Waals surface area contributed by atoms with Crippen molar-refractivity contribution < 1.29 is 14.5 Å². The number of nitrogens with zero attached hydrogens (tertiary/aromatic N) is 3. The van der Waals surface area contributed by atoms with E-state index in [9.17, 15) is 14.9 Å². The molecule has 27 heavy (non-hydrogen) atoms. The van der Waals surface area contributed by atoms with Gasteiger partial charge in [0.15, 0.2) is 5.82 Å². The average molecular weight is 364 g/mol. The van der Waals surface area contributed by atoms with Crippen molar-refractivity contribution >= 4 is 17.3 Å². The fraction of sp³-hybridized carbons (Fsp3) is 0.105. The molecule has 0 atom stereocenters. The number of carbonyl (C=O) groups excluding carboxylic acids is 1. The highest BCUT2D eigenvalue weighted by atomic mass is 16.6. The summed E-state index contributed by atoms with van der Waals surface area (Å²) in [5.41, 5.74) is 1.26. The van der Waals surface area contributed by atoms with Gasteiger partial charge in [-0.15, -0.1) is 0 Å². The topological polar surface area (TPSA) is 107 Å². The zero-order chi connectivity index (χ0) is 19.2. The number of para-hydroxylation sites is 2. The predicted octanol–water partition coefficient (Wildman–Crippen LogP) is 3.70. The van der Waals surface area contributed by atoms with Gasteiger partial charge >= 0.3 is 0 Å². The Hall–Kier alpha value is -3.81. The number of carbonyl (C=O) groups is 1. The molecule has 0 aliphatic carbocycles. The maximum Gasteiger partial charge on any atom is 0.270 e. The van der Waals surface area contributed by atoms with Crippen LogP contribution >= 0.6 is 0 Å². The van der Waals surface area contributed by atoms with E-state index in [1.807, 2.05) is 13.0 Å². The van der Waals surface area contributed by atoms with E-state index in [-0.39, 0.29) is 17.2 Å². The molecule has 0 aliphatic rings. The summed E-state index contributed by atoms with van der Waals surface area (Å²) in [6.45, 7) is 2.34. The minimum absolute atomic E-state index is 0.0505. The molecule has 8 heteroatoms. The lowest BCUT2D eigenvalue weighted by atomic mass is 10.2. The SMILES string of the molecule is CCOc1ccccc1NC(=O)c1cnc(-c2cccc([N+](=O)[O-])c2)nc1. The molecule has 1 aromatic heterocycles. The Kier molecular flexibility index (Phi) is 5.36. The summed E-state index contributed by atoms with van der Waals surface area (Å²) >= 11 is 0. The van der Waals surface area contributed by atoms with Crippen LogP contribution in [0, 0.1) is 10.1 Å². The minimum atomic E-state index is -0.485. The first-order valence-electron chi connectivity index (χ1n) is 8.18. The molecule has 0 aliphatic heterocycles. The standard InChI is InChI=1S/C19H16N4O4/c1-2-27-17-9-4-3-8-16(17)22-19(24)14-11-20-18(21-12-14)13-6-5-7-15(10-13)23(25)26/h3-12H,2H2,1H3,(H,22,24).